The zero-order chi connectivity index (χ0) is 30.1. The Morgan fingerprint density at radius 1 is 0.884 bits per heavy atom. The third-order valence-corrected chi connectivity index (χ3v) is 7.88. The van der Waals surface area contributed by atoms with Gasteiger partial charge in [-0.2, -0.15) is 0 Å². The van der Waals surface area contributed by atoms with Crippen LogP contribution in [0.5, 0.6) is 0 Å². The average Bonchev–Trinajstić information content (AvgIpc) is 3.55. The zero-order valence-corrected chi connectivity index (χ0v) is 23.8. The van der Waals surface area contributed by atoms with E-state index in [-0.39, 0.29) is 24.3 Å². The number of nitrogens with zero attached hydrogens (tertiary/aromatic N) is 4. The van der Waals surface area contributed by atoms with Gasteiger partial charge in [-0.1, -0.05) is 60.7 Å². The Labute approximate surface area is 246 Å². The second kappa shape index (κ2) is 11.6. The Kier molecular flexibility index (Phi) is 7.54. The van der Waals surface area contributed by atoms with Crippen molar-refractivity contribution < 1.29 is 13.6 Å². The standard InChI is InChI=1S/C34H29F2N5O2/c1-21-32(34(43)41(40(21)2)19-24-12-14-27(35)28(36)16-24)31(42)15-13-22-8-10-23(11-9-22)17-30-26-18-29(25-6-4-3-5-7-25)39-33(26)38-20-37-30/h3-12,14,16,18,20H,13,15,17,19H2,1-2H3,(H,37,38,39). The lowest BCUT2D eigenvalue weighted by Crippen LogP contribution is -2.25. The van der Waals surface area contributed by atoms with Gasteiger partial charge in [-0.05, 0) is 53.8 Å². The molecule has 0 atom stereocenters. The summed E-state index contributed by atoms with van der Waals surface area (Å²) in [4.78, 5) is 38.6. The minimum atomic E-state index is -0.981. The number of halogens is 2. The number of aromatic amines is 1. The number of hydrogen-bond acceptors (Lipinski definition) is 4. The molecule has 0 spiro atoms. The number of H-pyrrole nitrogens is 1. The van der Waals surface area contributed by atoms with Crippen LogP contribution in [0.15, 0.2) is 90.0 Å². The van der Waals surface area contributed by atoms with Crippen molar-refractivity contribution in [3.05, 3.63) is 141 Å². The first-order valence-corrected chi connectivity index (χ1v) is 14.0. The summed E-state index contributed by atoms with van der Waals surface area (Å²) < 4.78 is 30.0. The molecule has 7 nitrogen and oxygen atoms in total. The zero-order valence-electron chi connectivity index (χ0n) is 23.8. The molecule has 3 heterocycles. The summed E-state index contributed by atoms with van der Waals surface area (Å²) in [5.74, 6) is -2.19. The Bertz CT molecular complexity index is 2010. The highest BCUT2D eigenvalue weighted by Crippen LogP contribution is 2.25. The van der Waals surface area contributed by atoms with Crippen molar-refractivity contribution in [2.45, 2.75) is 32.7 Å². The van der Waals surface area contributed by atoms with Gasteiger partial charge in [0.05, 0.1) is 12.2 Å². The first kappa shape index (κ1) is 28.0. The Balaban J connectivity index is 1.13. The monoisotopic (exact) mass is 577 g/mol. The van der Waals surface area contributed by atoms with Gasteiger partial charge in [0.1, 0.15) is 17.5 Å². The van der Waals surface area contributed by atoms with Crippen LogP contribution in [0.25, 0.3) is 22.3 Å². The van der Waals surface area contributed by atoms with E-state index in [1.165, 1.54) is 10.7 Å². The Morgan fingerprint density at radius 2 is 1.60 bits per heavy atom. The molecule has 0 unspecified atom stereocenters. The highest BCUT2D eigenvalue weighted by atomic mass is 19.2. The summed E-state index contributed by atoms with van der Waals surface area (Å²) in [7, 11) is 1.67. The van der Waals surface area contributed by atoms with Crippen molar-refractivity contribution >= 4 is 16.8 Å². The molecule has 0 saturated heterocycles. The number of aryl methyl sites for hydroxylation is 1. The summed E-state index contributed by atoms with van der Waals surface area (Å²) in [6.07, 6.45) is 2.85. The molecule has 3 aromatic carbocycles. The highest BCUT2D eigenvalue weighted by Gasteiger charge is 2.21. The van der Waals surface area contributed by atoms with Gasteiger partial charge in [0, 0.05) is 36.7 Å². The molecule has 1 N–H and O–H groups in total. The summed E-state index contributed by atoms with van der Waals surface area (Å²) in [6.45, 7) is 1.74. The molecule has 3 aromatic heterocycles. The molecular weight excluding hydrogens is 548 g/mol. The topological polar surface area (TPSA) is 85.6 Å². The van der Waals surface area contributed by atoms with Gasteiger partial charge in [-0.25, -0.2) is 23.4 Å². The van der Waals surface area contributed by atoms with Gasteiger partial charge >= 0.3 is 0 Å². The van der Waals surface area contributed by atoms with E-state index in [4.69, 9.17) is 0 Å². The molecule has 0 radical (unpaired) electrons. The van der Waals surface area contributed by atoms with Crippen LogP contribution in [0.1, 0.15) is 44.9 Å². The van der Waals surface area contributed by atoms with Crippen LogP contribution in [-0.2, 0) is 26.4 Å². The van der Waals surface area contributed by atoms with E-state index in [2.05, 4.69) is 21.0 Å². The van der Waals surface area contributed by atoms with Gasteiger partial charge in [0.15, 0.2) is 17.4 Å². The maximum absolute atomic E-state index is 13.7. The fourth-order valence-electron chi connectivity index (χ4n) is 5.38. The van der Waals surface area contributed by atoms with E-state index in [1.807, 2.05) is 54.6 Å². The molecule has 0 amide bonds. The lowest BCUT2D eigenvalue weighted by Gasteiger charge is -2.08. The quantitative estimate of drug-likeness (QED) is 0.209. The highest BCUT2D eigenvalue weighted by molar-refractivity contribution is 5.97. The lowest BCUT2D eigenvalue weighted by molar-refractivity contribution is 0.0981. The predicted molar refractivity (Wildman–Crippen MR) is 161 cm³/mol. The van der Waals surface area contributed by atoms with Crippen molar-refractivity contribution in [2.24, 2.45) is 7.05 Å². The molecule has 0 aliphatic carbocycles. The maximum Gasteiger partial charge on any atom is 0.278 e. The Hall–Kier alpha value is -5.18. The predicted octanol–water partition coefficient (Wildman–Crippen LogP) is 6.17. The number of nitrogens with one attached hydrogen (secondary N) is 1. The molecule has 0 aliphatic heterocycles. The third-order valence-electron chi connectivity index (χ3n) is 7.88. The molecule has 0 fully saturated rings. The largest absolute Gasteiger partial charge is 0.339 e. The van der Waals surface area contributed by atoms with Crippen molar-refractivity contribution in [1.29, 1.82) is 0 Å². The normalized spacial score (nSPS) is 11.3. The van der Waals surface area contributed by atoms with Crippen LogP contribution in [0.3, 0.4) is 0 Å². The van der Waals surface area contributed by atoms with E-state index in [0.717, 1.165) is 51.2 Å². The second-order valence-electron chi connectivity index (χ2n) is 10.6. The number of rotatable bonds is 9. The first-order valence-electron chi connectivity index (χ1n) is 14.0. The molecule has 6 rings (SSSR count). The number of benzene rings is 3. The van der Waals surface area contributed by atoms with Crippen LogP contribution in [0, 0.1) is 18.6 Å². The van der Waals surface area contributed by atoms with Gasteiger partial charge in [-0.15, -0.1) is 0 Å². The van der Waals surface area contributed by atoms with Crippen molar-refractivity contribution in [1.82, 2.24) is 24.3 Å². The number of aromatic nitrogens is 5. The lowest BCUT2D eigenvalue weighted by atomic mass is 10.0. The number of hydrogen-bond donors (Lipinski definition) is 1. The number of fused-ring (bicyclic) bond motifs is 1. The number of carbonyl (C=O) groups excluding carboxylic acids is 1. The van der Waals surface area contributed by atoms with Crippen LogP contribution in [0.2, 0.25) is 0 Å². The minimum Gasteiger partial charge on any atom is -0.339 e. The Morgan fingerprint density at radius 3 is 2.35 bits per heavy atom. The average molecular weight is 578 g/mol. The molecule has 0 saturated carbocycles. The van der Waals surface area contributed by atoms with Gasteiger partial charge < -0.3 is 4.98 Å². The number of Topliss-reactive ketones (excluding diaryl/α,β-unsaturated/α-hetero) is 1. The number of carbonyl (C=O) groups is 1. The molecule has 6 aromatic rings. The van der Waals surface area contributed by atoms with Gasteiger partial charge in [0.2, 0.25) is 0 Å². The van der Waals surface area contributed by atoms with Crippen LogP contribution < -0.4 is 5.56 Å². The van der Waals surface area contributed by atoms with E-state index >= 15 is 0 Å². The number of ketones is 1. The van der Waals surface area contributed by atoms with Crippen molar-refractivity contribution in [2.75, 3.05) is 0 Å². The smallest absolute Gasteiger partial charge is 0.278 e. The minimum absolute atomic E-state index is 0.0249. The van der Waals surface area contributed by atoms with E-state index in [9.17, 15) is 18.4 Å². The molecule has 43 heavy (non-hydrogen) atoms. The summed E-state index contributed by atoms with van der Waals surface area (Å²) in [5, 5.41) is 0.976. The molecule has 216 valence electrons. The van der Waals surface area contributed by atoms with E-state index in [0.29, 0.717) is 24.1 Å². The molecule has 9 heteroatoms. The molecule has 0 bridgehead atoms. The fourth-order valence-corrected chi connectivity index (χ4v) is 5.38. The SMILES string of the molecule is Cc1c(C(=O)CCc2ccc(Cc3ncnc4[nH]c(-c5ccccc5)cc34)cc2)c(=O)n(Cc2ccc(F)c(F)c2)n1C. The summed E-state index contributed by atoms with van der Waals surface area (Å²) >= 11 is 0. The molecular formula is C34H29F2N5O2. The van der Waals surface area contributed by atoms with Gasteiger partial charge in [0.25, 0.3) is 5.56 Å². The van der Waals surface area contributed by atoms with Crippen LogP contribution >= 0.6 is 0 Å². The van der Waals surface area contributed by atoms with Gasteiger partial charge in [-0.3, -0.25) is 14.3 Å². The fraction of sp³-hybridized carbons (Fsp3) is 0.176. The van der Waals surface area contributed by atoms with Crippen LogP contribution in [-0.4, -0.2) is 30.1 Å². The summed E-state index contributed by atoms with van der Waals surface area (Å²) in [5.41, 5.74) is 6.48. The second-order valence-corrected chi connectivity index (χ2v) is 10.6. The van der Waals surface area contributed by atoms with Crippen molar-refractivity contribution in [3.8, 4) is 11.3 Å². The van der Waals surface area contributed by atoms with E-state index in [1.54, 1.807) is 25.0 Å². The third kappa shape index (κ3) is 5.66. The first-order chi connectivity index (χ1) is 20.8. The van der Waals surface area contributed by atoms with E-state index < -0.39 is 17.2 Å². The van der Waals surface area contributed by atoms with Crippen molar-refractivity contribution in [3.63, 3.8) is 0 Å². The maximum atomic E-state index is 13.7. The van der Waals surface area contributed by atoms with Crippen LogP contribution in [0.4, 0.5) is 8.78 Å². The summed E-state index contributed by atoms with van der Waals surface area (Å²) in [6, 6.07) is 23.7. The molecule has 0 aliphatic rings.